The average molecular weight is 273 g/mol. The summed E-state index contributed by atoms with van der Waals surface area (Å²) in [5, 5.41) is 12.6. The molecule has 5 heteroatoms. The smallest absolute Gasteiger partial charge is 0.316 e. The van der Waals surface area contributed by atoms with Crippen molar-refractivity contribution in [2.45, 2.75) is 51.3 Å². The number of carbonyl (C=O) groups excluding carboxylic acids is 1. The van der Waals surface area contributed by atoms with E-state index in [1.807, 2.05) is 6.26 Å². The van der Waals surface area contributed by atoms with Gasteiger partial charge in [-0.25, -0.2) is 0 Å². The molecule has 1 fully saturated rings. The van der Waals surface area contributed by atoms with Crippen LogP contribution < -0.4 is 5.32 Å². The molecule has 0 bridgehead atoms. The molecule has 3 unspecified atom stereocenters. The molecule has 0 aliphatic heterocycles. The van der Waals surface area contributed by atoms with Gasteiger partial charge < -0.3 is 10.4 Å². The fraction of sp³-hybridized carbons (Fsp3) is 0.846. The number of hydrogen-bond donors (Lipinski definition) is 2. The predicted molar refractivity (Wildman–Crippen MR) is 73.7 cm³/mol. The van der Waals surface area contributed by atoms with E-state index in [0.717, 1.165) is 19.3 Å². The van der Waals surface area contributed by atoms with Crippen molar-refractivity contribution < 1.29 is 14.7 Å². The van der Waals surface area contributed by atoms with Gasteiger partial charge in [0.15, 0.2) is 0 Å². The largest absolute Gasteiger partial charge is 0.481 e. The third-order valence-electron chi connectivity index (χ3n) is 3.46. The van der Waals surface area contributed by atoms with Crippen LogP contribution in [0.4, 0.5) is 0 Å². The molecule has 0 radical (unpaired) electrons. The van der Waals surface area contributed by atoms with Crippen LogP contribution in [0, 0.1) is 11.3 Å². The van der Waals surface area contributed by atoms with Gasteiger partial charge in [0.2, 0.25) is 5.91 Å². The normalized spacial score (nSPS) is 25.8. The second-order valence-electron chi connectivity index (χ2n) is 5.96. The Morgan fingerprint density at radius 2 is 1.94 bits per heavy atom. The maximum atomic E-state index is 12.1. The van der Waals surface area contributed by atoms with Gasteiger partial charge in [0.05, 0.1) is 0 Å². The van der Waals surface area contributed by atoms with Crippen molar-refractivity contribution in [2.75, 3.05) is 6.26 Å². The molecule has 0 heterocycles. The van der Waals surface area contributed by atoms with Gasteiger partial charge in [0.25, 0.3) is 0 Å². The van der Waals surface area contributed by atoms with Gasteiger partial charge in [-0.3, -0.25) is 9.59 Å². The maximum absolute atomic E-state index is 12.1. The van der Waals surface area contributed by atoms with Crippen molar-refractivity contribution in [3.05, 3.63) is 0 Å². The molecule has 1 amide bonds. The van der Waals surface area contributed by atoms with Crippen molar-refractivity contribution in [1.82, 2.24) is 5.32 Å². The molecule has 2 N–H and O–H groups in total. The zero-order valence-corrected chi connectivity index (χ0v) is 12.3. The highest BCUT2D eigenvalue weighted by Crippen LogP contribution is 2.30. The molecule has 104 valence electrons. The summed E-state index contributed by atoms with van der Waals surface area (Å²) in [5.41, 5.74) is -0.566. The Balaban J connectivity index is 2.71. The van der Waals surface area contributed by atoms with Gasteiger partial charge in [0, 0.05) is 11.3 Å². The molecule has 0 saturated heterocycles. The van der Waals surface area contributed by atoms with E-state index < -0.39 is 17.3 Å². The van der Waals surface area contributed by atoms with Crippen LogP contribution in [0.5, 0.6) is 0 Å². The number of amides is 1. The van der Waals surface area contributed by atoms with Gasteiger partial charge in [-0.15, -0.1) is 0 Å². The molecule has 18 heavy (non-hydrogen) atoms. The number of rotatable bonds is 4. The third-order valence-corrected chi connectivity index (χ3v) is 4.63. The molecular weight excluding hydrogens is 250 g/mol. The number of carboxylic acids is 1. The first-order valence-corrected chi connectivity index (χ1v) is 7.62. The Bertz CT molecular complexity index is 325. The molecule has 4 nitrogen and oxygen atoms in total. The van der Waals surface area contributed by atoms with Gasteiger partial charge in [-0.1, -0.05) is 27.2 Å². The average Bonchev–Trinajstić information content (AvgIpc) is 2.61. The van der Waals surface area contributed by atoms with E-state index in [1.54, 1.807) is 32.5 Å². The van der Waals surface area contributed by atoms with Gasteiger partial charge in [0.1, 0.15) is 5.92 Å². The van der Waals surface area contributed by atoms with Crippen molar-refractivity contribution in [2.24, 2.45) is 11.3 Å². The minimum atomic E-state index is -1.04. The minimum absolute atomic E-state index is 0.122. The van der Waals surface area contributed by atoms with Crippen LogP contribution in [0.15, 0.2) is 0 Å². The van der Waals surface area contributed by atoms with Crippen LogP contribution in [-0.4, -0.2) is 34.5 Å². The quantitative estimate of drug-likeness (QED) is 0.770. The van der Waals surface area contributed by atoms with E-state index >= 15 is 0 Å². The number of carboxylic acid groups (broad SMARTS) is 1. The first-order valence-electron chi connectivity index (χ1n) is 6.33. The summed E-state index contributed by atoms with van der Waals surface area (Å²) in [5.74, 6) is -2.37. The summed E-state index contributed by atoms with van der Waals surface area (Å²) < 4.78 is 0. The van der Waals surface area contributed by atoms with Gasteiger partial charge in [-0.05, 0) is 24.5 Å². The van der Waals surface area contributed by atoms with Crippen molar-refractivity contribution in [3.63, 3.8) is 0 Å². The van der Waals surface area contributed by atoms with Gasteiger partial charge in [-0.2, -0.15) is 11.8 Å². The van der Waals surface area contributed by atoms with Crippen molar-refractivity contribution >= 4 is 23.6 Å². The molecule has 0 spiro atoms. The number of nitrogens with one attached hydrogen (secondary N) is 1. The zero-order chi connectivity index (χ0) is 13.9. The van der Waals surface area contributed by atoms with Crippen LogP contribution in [-0.2, 0) is 9.59 Å². The topological polar surface area (TPSA) is 66.4 Å². The monoisotopic (exact) mass is 273 g/mol. The van der Waals surface area contributed by atoms with Crippen LogP contribution >= 0.6 is 11.8 Å². The van der Waals surface area contributed by atoms with Crippen LogP contribution in [0.2, 0.25) is 0 Å². The highest BCUT2D eigenvalue weighted by molar-refractivity contribution is 7.99. The number of aliphatic carboxylic acids is 1. The second kappa shape index (κ2) is 5.95. The summed E-state index contributed by atoms with van der Waals surface area (Å²) in [6.07, 6.45) is 5.18. The lowest BCUT2D eigenvalue weighted by molar-refractivity contribution is -0.151. The lowest BCUT2D eigenvalue weighted by Crippen LogP contribution is -2.48. The molecule has 1 saturated carbocycles. The lowest BCUT2D eigenvalue weighted by atomic mass is 9.80. The maximum Gasteiger partial charge on any atom is 0.316 e. The zero-order valence-electron chi connectivity index (χ0n) is 11.5. The Kier molecular flexibility index (Phi) is 5.08. The highest BCUT2D eigenvalue weighted by atomic mass is 32.2. The molecule has 1 rings (SSSR count). The Labute approximate surface area is 113 Å². The molecular formula is C13H23NO3S. The predicted octanol–water partition coefficient (Wildman–Crippen LogP) is 2.13. The van der Waals surface area contributed by atoms with E-state index in [2.05, 4.69) is 5.32 Å². The lowest BCUT2D eigenvalue weighted by Gasteiger charge is -2.28. The first kappa shape index (κ1) is 15.3. The second-order valence-corrected chi connectivity index (χ2v) is 7.03. The molecule has 0 aromatic heterocycles. The van der Waals surface area contributed by atoms with Crippen LogP contribution in [0.25, 0.3) is 0 Å². The first-order chi connectivity index (χ1) is 8.27. The van der Waals surface area contributed by atoms with E-state index in [9.17, 15) is 14.7 Å². The van der Waals surface area contributed by atoms with Gasteiger partial charge >= 0.3 is 5.97 Å². The van der Waals surface area contributed by atoms with E-state index in [1.165, 1.54) is 0 Å². The molecule has 3 atom stereocenters. The van der Waals surface area contributed by atoms with Crippen molar-refractivity contribution in [3.8, 4) is 0 Å². The third kappa shape index (κ3) is 3.64. The SMILES string of the molecule is CSC1CCCC1NC(=O)C(C(=O)O)C(C)(C)C. The van der Waals surface area contributed by atoms with Crippen molar-refractivity contribution in [1.29, 1.82) is 0 Å². The van der Waals surface area contributed by atoms with Crippen LogP contribution in [0.1, 0.15) is 40.0 Å². The number of thioether (sulfide) groups is 1. The molecule has 0 aromatic carbocycles. The van der Waals surface area contributed by atoms with E-state index in [4.69, 9.17) is 0 Å². The number of hydrogen-bond acceptors (Lipinski definition) is 3. The van der Waals surface area contributed by atoms with Crippen LogP contribution in [0.3, 0.4) is 0 Å². The fourth-order valence-electron chi connectivity index (χ4n) is 2.52. The Hall–Kier alpha value is -0.710. The Morgan fingerprint density at radius 3 is 2.39 bits per heavy atom. The fourth-order valence-corrected chi connectivity index (χ4v) is 3.45. The Morgan fingerprint density at radius 1 is 1.33 bits per heavy atom. The summed E-state index contributed by atoms with van der Waals surface area (Å²) in [6, 6.07) is 0.122. The number of carbonyl (C=O) groups is 2. The summed E-state index contributed by atoms with van der Waals surface area (Å²) in [6.45, 7) is 5.35. The summed E-state index contributed by atoms with van der Waals surface area (Å²) >= 11 is 1.75. The molecule has 1 aliphatic rings. The molecule has 1 aliphatic carbocycles. The summed E-state index contributed by atoms with van der Waals surface area (Å²) in [4.78, 5) is 23.4. The molecule has 0 aromatic rings. The highest BCUT2D eigenvalue weighted by Gasteiger charge is 2.39. The standard InChI is InChI=1S/C13H23NO3S/c1-13(2,3)10(12(16)17)11(15)14-8-6-5-7-9(8)18-4/h8-10H,5-7H2,1-4H3,(H,14,15)(H,16,17). The summed E-state index contributed by atoms with van der Waals surface area (Å²) in [7, 11) is 0. The van der Waals surface area contributed by atoms with E-state index in [-0.39, 0.29) is 11.9 Å². The van der Waals surface area contributed by atoms with E-state index in [0.29, 0.717) is 5.25 Å². The minimum Gasteiger partial charge on any atom is -0.481 e.